The second-order valence-electron chi connectivity index (χ2n) is 16.9. The zero-order valence-corrected chi connectivity index (χ0v) is 30.3. The summed E-state index contributed by atoms with van der Waals surface area (Å²) in [5, 5.41) is 29.0. The van der Waals surface area contributed by atoms with E-state index < -0.39 is 28.2 Å². The van der Waals surface area contributed by atoms with Crippen LogP contribution in [0.25, 0.3) is 6.08 Å². The highest BCUT2D eigenvalue weighted by atomic mass is 16.6. The van der Waals surface area contributed by atoms with E-state index in [2.05, 4.69) is 22.1 Å². The number of aromatic nitrogens is 1. The van der Waals surface area contributed by atoms with Gasteiger partial charge in [-0.2, -0.15) is 0 Å². The largest absolute Gasteiger partial charge is 0.454 e. The molecule has 3 N–H and O–H groups in total. The van der Waals surface area contributed by atoms with E-state index in [1.807, 2.05) is 26.0 Å². The van der Waals surface area contributed by atoms with Gasteiger partial charge >= 0.3 is 5.97 Å². The van der Waals surface area contributed by atoms with Gasteiger partial charge in [-0.25, -0.2) is 4.79 Å². The van der Waals surface area contributed by atoms with Crippen LogP contribution in [0.1, 0.15) is 72.8 Å². The van der Waals surface area contributed by atoms with Crippen LogP contribution in [0.15, 0.2) is 42.5 Å². The molecule has 2 aromatic rings. The third-order valence-electron chi connectivity index (χ3n) is 15.1. The summed E-state index contributed by atoms with van der Waals surface area (Å²) in [4.78, 5) is 34.6. The predicted molar refractivity (Wildman–Crippen MR) is 190 cm³/mol. The first-order valence-corrected chi connectivity index (χ1v) is 19.0. The molecule has 2 heterocycles. The Balaban J connectivity index is 1.07. The second-order valence-corrected chi connectivity index (χ2v) is 16.9. The van der Waals surface area contributed by atoms with Crippen molar-refractivity contribution in [1.82, 2.24) is 9.88 Å². The Bertz CT molecular complexity index is 1800. The fourth-order valence-electron chi connectivity index (χ4n) is 13.5. The summed E-state index contributed by atoms with van der Waals surface area (Å²) < 4.78 is 19.4. The van der Waals surface area contributed by atoms with E-state index >= 15 is 0 Å². The van der Waals surface area contributed by atoms with Crippen LogP contribution in [0.4, 0.5) is 5.69 Å². The first kappa shape index (κ1) is 33.7. The summed E-state index contributed by atoms with van der Waals surface area (Å²) in [5.74, 6) is -0.683. The summed E-state index contributed by atoms with van der Waals surface area (Å²) in [6.45, 7) is 7.42. The number of ether oxygens (including phenoxy) is 3. The van der Waals surface area contributed by atoms with Crippen molar-refractivity contribution in [3.8, 4) is 0 Å². The van der Waals surface area contributed by atoms with Crippen molar-refractivity contribution in [2.24, 2.45) is 40.9 Å². The van der Waals surface area contributed by atoms with Gasteiger partial charge in [-0.1, -0.05) is 19.1 Å². The van der Waals surface area contributed by atoms with Gasteiger partial charge in [0.1, 0.15) is 11.2 Å². The molecular weight excluding hydrogens is 646 g/mol. The summed E-state index contributed by atoms with van der Waals surface area (Å²) in [7, 11) is 3.53. The maximum atomic E-state index is 14.5. The SMILES string of the molecule is CCN1C[C@]2(OC(=O)c3ccccc3NC(=O)/C=C/c3cc(C)cc(C)n3)CC[C@H](OC)[C@]34C1C[C@@H](C[C@H]23)[C@@]1(O)C[C@H](OC)C2[C@H]3C[C@@H]4[C@]1(O)[C@@H]23. The third kappa shape index (κ3) is 4.37. The molecule has 51 heavy (non-hydrogen) atoms. The lowest BCUT2D eigenvalue weighted by atomic mass is 9.43. The number of hydrogen-bond donors (Lipinski definition) is 3. The van der Waals surface area contributed by atoms with E-state index in [1.54, 1.807) is 44.6 Å². The first-order chi connectivity index (χ1) is 24.4. The van der Waals surface area contributed by atoms with Crippen molar-refractivity contribution in [2.75, 3.05) is 32.6 Å². The highest BCUT2D eigenvalue weighted by molar-refractivity contribution is 6.06. The van der Waals surface area contributed by atoms with Gasteiger partial charge in [0.2, 0.25) is 5.91 Å². The Kier molecular flexibility index (Phi) is 7.54. The lowest BCUT2D eigenvalue weighted by molar-refractivity contribution is -0.289. The molecule has 1 aromatic carbocycles. The maximum Gasteiger partial charge on any atom is 0.340 e. The average molecular weight is 698 g/mol. The van der Waals surface area contributed by atoms with Gasteiger partial charge < -0.3 is 29.7 Å². The quantitative estimate of drug-likeness (QED) is 0.269. The molecule has 5 bridgehead atoms. The molecule has 8 aliphatic rings. The summed E-state index contributed by atoms with van der Waals surface area (Å²) in [6, 6.07) is 11.0. The fourth-order valence-corrected chi connectivity index (χ4v) is 13.5. The number of fused-ring (bicyclic) bond motifs is 1. The summed E-state index contributed by atoms with van der Waals surface area (Å²) in [6.07, 6.45) is 6.94. The number of methoxy groups -OCH3 is 2. The molecule has 10 rings (SSSR count). The molecule has 1 aliphatic heterocycles. The van der Waals surface area contributed by atoms with Crippen LogP contribution < -0.4 is 5.32 Å². The van der Waals surface area contributed by atoms with Crippen LogP contribution >= 0.6 is 0 Å². The van der Waals surface area contributed by atoms with E-state index in [4.69, 9.17) is 14.2 Å². The highest BCUT2D eigenvalue weighted by Crippen LogP contribution is 2.82. The summed E-state index contributed by atoms with van der Waals surface area (Å²) >= 11 is 0. The molecule has 272 valence electrons. The van der Waals surface area contributed by atoms with Gasteiger partial charge in [0.05, 0.1) is 34.8 Å². The lowest BCUT2D eigenvalue weighted by Gasteiger charge is -2.70. The number of anilines is 1. The van der Waals surface area contributed by atoms with Crippen molar-refractivity contribution in [1.29, 1.82) is 0 Å². The van der Waals surface area contributed by atoms with E-state index in [-0.39, 0.29) is 53.7 Å². The number of carbonyl (C=O) groups excluding carboxylic acids is 2. The van der Waals surface area contributed by atoms with Gasteiger partial charge in [0, 0.05) is 62.2 Å². The number of esters is 1. The first-order valence-electron chi connectivity index (χ1n) is 19.0. The number of nitrogens with zero attached hydrogens (tertiary/aromatic N) is 2. The van der Waals surface area contributed by atoms with E-state index in [9.17, 15) is 19.8 Å². The molecule has 7 saturated carbocycles. The standard InChI is InChI=1S/C41H51N3O7/c1-6-44-21-38(51-37(46)26-9-7-8-10-28(26)43-34(45)12-11-25-16-22(2)15-23(3)42-25)14-13-33(50-5)40-30(38)17-24(18-32(40)44)39(47)20-29(49-4)35-27-19-31(40)41(39,48)36(27)35/h7-12,15-16,24,27,29-33,35-36,47-48H,6,13-14,17-21H2,1-5H3,(H,43,45)/b12-11+/t24-,27-,29+,30-,31+,32?,33+,35?,36-,38-,39+,40-,41+/m1/s1. The number of pyridine rings is 1. The molecular formula is C41H51N3O7. The second kappa shape index (κ2) is 11.4. The number of piperidine rings is 1. The Morgan fingerprint density at radius 3 is 2.63 bits per heavy atom. The molecule has 10 heteroatoms. The minimum absolute atomic E-state index is 0.0178. The van der Waals surface area contributed by atoms with Crippen molar-refractivity contribution >= 4 is 23.6 Å². The zero-order chi connectivity index (χ0) is 35.7. The number of benzene rings is 1. The molecule has 1 saturated heterocycles. The number of likely N-dealkylation sites (tertiary alicyclic amines) is 1. The number of likely N-dealkylation sites (N-methyl/N-ethyl adjacent to an activating group) is 1. The van der Waals surface area contributed by atoms with Crippen LogP contribution in [0.5, 0.6) is 0 Å². The molecule has 8 fully saturated rings. The summed E-state index contributed by atoms with van der Waals surface area (Å²) in [5.41, 5.74) is -0.566. The van der Waals surface area contributed by atoms with Crippen molar-refractivity contribution in [2.45, 2.75) is 94.3 Å². The number of carbonyl (C=O) groups is 2. The smallest absolute Gasteiger partial charge is 0.340 e. The molecule has 2 unspecified atom stereocenters. The number of amides is 1. The van der Waals surface area contributed by atoms with E-state index in [1.165, 1.54) is 6.08 Å². The van der Waals surface area contributed by atoms with Gasteiger partial charge in [0.15, 0.2) is 0 Å². The maximum absolute atomic E-state index is 14.5. The molecule has 10 nitrogen and oxygen atoms in total. The van der Waals surface area contributed by atoms with Gasteiger partial charge in [-0.15, -0.1) is 0 Å². The van der Waals surface area contributed by atoms with Crippen LogP contribution in [-0.2, 0) is 19.0 Å². The fraction of sp³-hybridized carbons (Fsp3) is 0.634. The molecule has 1 amide bonds. The minimum atomic E-state index is -1.29. The van der Waals surface area contributed by atoms with Crippen LogP contribution in [0.2, 0.25) is 0 Å². The van der Waals surface area contributed by atoms with Gasteiger partial charge in [0.25, 0.3) is 0 Å². The average Bonchev–Trinajstić information content (AvgIpc) is 3.77. The molecule has 1 spiro atoms. The number of nitrogens with one attached hydrogen (secondary N) is 1. The van der Waals surface area contributed by atoms with E-state index in [0.717, 1.165) is 30.6 Å². The van der Waals surface area contributed by atoms with Crippen molar-refractivity contribution in [3.05, 3.63) is 65.0 Å². The minimum Gasteiger partial charge on any atom is -0.454 e. The number of hydrogen-bond acceptors (Lipinski definition) is 9. The van der Waals surface area contributed by atoms with Crippen LogP contribution in [0.3, 0.4) is 0 Å². The molecule has 0 radical (unpaired) electrons. The Labute approximate surface area is 299 Å². The van der Waals surface area contributed by atoms with Gasteiger partial charge in [-0.3, -0.25) is 14.7 Å². The number of rotatable bonds is 8. The molecule has 13 atom stereocenters. The normalized spacial score (nSPS) is 44.2. The van der Waals surface area contributed by atoms with Crippen LogP contribution in [0, 0.1) is 54.8 Å². The Morgan fingerprint density at radius 2 is 1.88 bits per heavy atom. The topological polar surface area (TPSA) is 130 Å². The molecule has 7 aliphatic carbocycles. The van der Waals surface area contributed by atoms with Crippen LogP contribution in [-0.4, -0.2) is 94.3 Å². The van der Waals surface area contributed by atoms with E-state index in [0.29, 0.717) is 55.1 Å². The zero-order valence-electron chi connectivity index (χ0n) is 30.3. The van der Waals surface area contributed by atoms with Gasteiger partial charge in [-0.05, 0) is 112 Å². The highest BCUT2D eigenvalue weighted by Gasteiger charge is 2.89. The van der Waals surface area contributed by atoms with Crippen molar-refractivity contribution < 1.29 is 34.0 Å². The predicted octanol–water partition coefficient (Wildman–Crippen LogP) is 4.55. The lowest BCUT2D eigenvalue weighted by Crippen LogP contribution is -2.78. The molecule has 1 aromatic heterocycles. The van der Waals surface area contributed by atoms with Crippen molar-refractivity contribution in [3.63, 3.8) is 0 Å². The third-order valence-corrected chi connectivity index (χ3v) is 15.1. The Morgan fingerprint density at radius 1 is 1.08 bits per heavy atom. The number of aryl methyl sites for hydroxylation is 2. The number of aliphatic hydroxyl groups is 2. The number of para-hydroxylation sites is 1. The Hall–Kier alpha value is -3.15. The monoisotopic (exact) mass is 697 g/mol.